The lowest BCUT2D eigenvalue weighted by molar-refractivity contribution is 0.102. The number of fused-ring (bicyclic) bond motifs is 1. The molecule has 144 valence electrons. The summed E-state index contributed by atoms with van der Waals surface area (Å²) in [6.45, 7) is 4.01. The van der Waals surface area contributed by atoms with E-state index in [2.05, 4.69) is 24.4 Å². The van der Waals surface area contributed by atoms with Gasteiger partial charge < -0.3 is 10.1 Å². The first kappa shape index (κ1) is 18.7. The predicted molar refractivity (Wildman–Crippen MR) is 118 cm³/mol. The average Bonchev–Trinajstić information content (AvgIpc) is 2.74. The SMILES string of the molecule is COc1ccc(NC(=O)c2c(C)c(-c3ccc(C)cc3)nc3ccccc23)cc1. The van der Waals surface area contributed by atoms with Crippen LogP contribution in [0.15, 0.2) is 72.8 Å². The first-order valence-corrected chi connectivity index (χ1v) is 9.48. The molecule has 3 aromatic carbocycles. The summed E-state index contributed by atoms with van der Waals surface area (Å²) in [6, 6.07) is 23.3. The van der Waals surface area contributed by atoms with Crippen molar-refractivity contribution in [1.29, 1.82) is 0 Å². The van der Waals surface area contributed by atoms with Crippen molar-refractivity contribution in [1.82, 2.24) is 4.98 Å². The summed E-state index contributed by atoms with van der Waals surface area (Å²) in [5, 5.41) is 3.85. The highest BCUT2D eigenvalue weighted by molar-refractivity contribution is 6.14. The van der Waals surface area contributed by atoms with Crippen molar-refractivity contribution in [3.05, 3.63) is 89.5 Å². The van der Waals surface area contributed by atoms with Gasteiger partial charge in [-0.05, 0) is 49.7 Å². The Morgan fingerprint density at radius 1 is 0.897 bits per heavy atom. The van der Waals surface area contributed by atoms with E-state index in [-0.39, 0.29) is 5.91 Å². The number of carbonyl (C=O) groups excluding carboxylic acids is 1. The number of aromatic nitrogens is 1. The zero-order valence-electron chi connectivity index (χ0n) is 16.7. The predicted octanol–water partition coefficient (Wildman–Crippen LogP) is 5.78. The van der Waals surface area contributed by atoms with Crippen LogP contribution in [0, 0.1) is 13.8 Å². The Balaban J connectivity index is 1.82. The number of rotatable bonds is 4. The summed E-state index contributed by atoms with van der Waals surface area (Å²) in [6.07, 6.45) is 0. The van der Waals surface area contributed by atoms with Crippen molar-refractivity contribution in [3.8, 4) is 17.0 Å². The van der Waals surface area contributed by atoms with Gasteiger partial charge in [0.25, 0.3) is 5.91 Å². The number of hydrogen-bond acceptors (Lipinski definition) is 3. The number of ether oxygens (including phenoxy) is 1. The highest BCUT2D eigenvalue weighted by atomic mass is 16.5. The lowest BCUT2D eigenvalue weighted by atomic mass is 9.96. The summed E-state index contributed by atoms with van der Waals surface area (Å²) < 4.78 is 5.19. The third-order valence-electron chi connectivity index (χ3n) is 5.04. The molecule has 0 aliphatic carbocycles. The van der Waals surface area contributed by atoms with E-state index in [1.54, 1.807) is 7.11 Å². The van der Waals surface area contributed by atoms with Gasteiger partial charge in [0.2, 0.25) is 0 Å². The Morgan fingerprint density at radius 3 is 2.28 bits per heavy atom. The Hall–Kier alpha value is -3.66. The monoisotopic (exact) mass is 382 g/mol. The van der Waals surface area contributed by atoms with Crippen molar-refractivity contribution >= 4 is 22.5 Å². The lowest BCUT2D eigenvalue weighted by Crippen LogP contribution is -2.15. The van der Waals surface area contributed by atoms with Crippen LogP contribution in [0.4, 0.5) is 5.69 Å². The second-order valence-electron chi connectivity index (χ2n) is 7.03. The molecule has 4 heteroatoms. The maximum atomic E-state index is 13.3. The molecule has 1 amide bonds. The molecule has 4 aromatic rings. The van der Waals surface area contributed by atoms with Gasteiger partial charge in [-0.15, -0.1) is 0 Å². The highest BCUT2D eigenvalue weighted by Gasteiger charge is 2.19. The molecule has 0 bridgehead atoms. The molecular weight excluding hydrogens is 360 g/mol. The minimum atomic E-state index is -0.153. The molecule has 0 atom stereocenters. The van der Waals surface area contributed by atoms with Crippen molar-refractivity contribution < 1.29 is 9.53 Å². The molecule has 0 spiro atoms. The van der Waals surface area contributed by atoms with Crippen LogP contribution in [0.3, 0.4) is 0 Å². The van der Waals surface area contributed by atoms with Crippen LogP contribution in [0.1, 0.15) is 21.5 Å². The molecule has 0 saturated heterocycles. The molecular formula is C25H22N2O2. The van der Waals surface area contributed by atoms with Gasteiger partial charge in [0, 0.05) is 16.6 Å². The molecule has 29 heavy (non-hydrogen) atoms. The van der Waals surface area contributed by atoms with E-state index < -0.39 is 0 Å². The molecule has 1 heterocycles. The van der Waals surface area contributed by atoms with Gasteiger partial charge in [-0.1, -0.05) is 48.0 Å². The normalized spacial score (nSPS) is 10.7. The van der Waals surface area contributed by atoms with Crippen LogP contribution < -0.4 is 10.1 Å². The second-order valence-corrected chi connectivity index (χ2v) is 7.03. The molecule has 0 fully saturated rings. The molecule has 0 aliphatic rings. The molecule has 1 aromatic heterocycles. The van der Waals surface area contributed by atoms with E-state index in [0.717, 1.165) is 33.5 Å². The van der Waals surface area contributed by atoms with Crippen LogP contribution in [0.5, 0.6) is 5.75 Å². The van der Waals surface area contributed by atoms with Gasteiger partial charge in [-0.25, -0.2) is 4.98 Å². The summed E-state index contributed by atoms with van der Waals surface area (Å²) in [7, 11) is 1.62. The number of pyridine rings is 1. The topological polar surface area (TPSA) is 51.2 Å². The number of anilines is 1. The van der Waals surface area contributed by atoms with E-state index in [0.29, 0.717) is 11.3 Å². The largest absolute Gasteiger partial charge is 0.497 e. The first-order chi connectivity index (χ1) is 14.1. The standard InChI is InChI=1S/C25H22N2O2/c1-16-8-10-18(11-9-16)24-17(2)23(21-6-4-5-7-22(21)27-24)25(28)26-19-12-14-20(29-3)15-13-19/h4-15H,1-3H3,(H,26,28). The Labute approximate surface area is 170 Å². The zero-order chi connectivity index (χ0) is 20.4. The van der Waals surface area contributed by atoms with E-state index in [4.69, 9.17) is 9.72 Å². The summed E-state index contributed by atoms with van der Waals surface area (Å²) >= 11 is 0. The number of para-hydroxylation sites is 1. The van der Waals surface area contributed by atoms with Gasteiger partial charge in [-0.2, -0.15) is 0 Å². The minimum absolute atomic E-state index is 0.153. The van der Waals surface area contributed by atoms with Crippen LogP contribution in [-0.4, -0.2) is 18.0 Å². The van der Waals surface area contributed by atoms with Crippen molar-refractivity contribution in [2.45, 2.75) is 13.8 Å². The molecule has 4 nitrogen and oxygen atoms in total. The number of nitrogens with one attached hydrogen (secondary N) is 1. The number of benzene rings is 3. The fraction of sp³-hybridized carbons (Fsp3) is 0.120. The van der Waals surface area contributed by atoms with E-state index in [9.17, 15) is 4.79 Å². The zero-order valence-corrected chi connectivity index (χ0v) is 16.7. The molecule has 4 rings (SSSR count). The van der Waals surface area contributed by atoms with Crippen LogP contribution in [-0.2, 0) is 0 Å². The quantitative estimate of drug-likeness (QED) is 0.487. The van der Waals surface area contributed by atoms with E-state index >= 15 is 0 Å². The Kier molecular flexibility index (Phi) is 5.00. The van der Waals surface area contributed by atoms with Crippen molar-refractivity contribution in [3.63, 3.8) is 0 Å². The molecule has 0 unspecified atom stereocenters. The van der Waals surface area contributed by atoms with Crippen LogP contribution in [0.25, 0.3) is 22.2 Å². The fourth-order valence-corrected chi connectivity index (χ4v) is 3.46. The third-order valence-corrected chi connectivity index (χ3v) is 5.04. The van der Waals surface area contributed by atoms with Gasteiger partial charge in [0.15, 0.2) is 0 Å². The van der Waals surface area contributed by atoms with Crippen molar-refractivity contribution in [2.24, 2.45) is 0 Å². The number of nitrogens with zero attached hydrogens (tertiary/aromatic N) is 1. The average molecular weight is 382 g/mol. The van der Waals surface area contributed by atoms with Gasteiger partial charge >= 0.3 is 0 Å². The van der Waals surface area contributed by atoms with Gasteiger partial charge in [0.05, 0.1) is 23.9 Å². The maximum Gasteiger partial charge on any atom is 0.256 e. The number of amides is 1. The Morgan fingerprint density at radius 2 is 1.59 bits per heavy atom. The molecule has 1 N–H and O–H groups in total. The van der Waals surface area contributed by atoms with E-state index in [1.165, 1.54) is 5.56 Å². The number of aryl methyl sites for hydroxylation is 1. The number of hydrogen-bond donors (Lipinski definition) is 1. The molecule has 0 radical (unpaired) electrons. The summed E-state index contributed by atoms with van der Waals surface area (Å²) in [5.74, 6) is 0.592. The molecule has 0 saturated carbocycles. The summed E-state index contributed by atoms with van der Waals surface area (Å²) in [4.78, 5) is 18.1. The first-order valence-electron chi connectivity index (χ1n) is 9.48. The van der Waals surface area contributed by atoms with Crippen LogP contribution in [0.2, 0.25) is 0 Å². The number of methoxy groups -OCH3 is 1. The van der Waals surface area contributed by atoms with Crippen molar-refractivity contribution in [2.75, 3.05) is 12.4 Å². The van der Waals surface area contributed by atoms with Gasteiger partial charge in [-0.3, -0.25) is 4.79 Å². The maximum absolute atomic E-state index is 13.3. The number of carbonyl (C=O) groups is 1. The fourth-order valence-electron chi connectivity index (χ4n) is 3.46. The summed E-state index contributed by atoms with van der Waals surface area (Å²) in [5.41, 5.74) is 6.02. The smallest absolute Gasteiger partial charge is 0.256 e. The van der Waals surface area contributed by atoms with Crippen LogP contribution >= 0.6 is 0 Å². The highest BCUT2D eigenvalue weighted by Crippen LogP contribution is 2.30. The second kappa shape index (κ2) is 7.76. The third kappa shape index (κ3) is 3.69. The lowest BCUT2D eigenvalue weighted by Gasteiger charge is -2.15. The Bertz CT molecular complexity index is 1180. The minimum Gasteiger partial charge on any atom is -0.497 e. The van der Waals surface area contributed by atoms with Gasteiger partial charge in [0.1, 0.15) is 5.75 Å². The molecule has 0 aliphatic heterocycles. The van der Waals surface area contributed by atoms with E-state index in [1.807, 2.05) is 67.6 Å².